The Hall–Kier alpha value is -2.69. The average Bonchev–Trinajstić information content (AvgIpc) is 2.55. The topological polar surface area (TPSA) is 59.6 Å². The van der Waals surface area contributed by atoms with Gasteiger partial charge in [0, 0.05) is 17.4 Å². The number of carbonyl (C=O) groups is 1. The molecule has 0 fully saturated rings. The maximum absolute atomic E-state index is 12.1. The number of carbonyl (C=O) groups excluding carboxylic acids is 1. The zero-order chi connectivity index (χ0) is 16.8. The van der Waals surface area contributed by atoms with Crippen LogP contribution in [-0.2, 0) is 0 Å². The Morgan fingerprint density at radius 1 is 0.870 bits per heavy atom. The summed E-state index contributed by atoms with van der Waals surface area (Å²) in [7, 11) is 3.12. The molecule has 0 aliphatic carbocycles. The predicted octanol–water partition coefficient (Wildman–Crippen LogP) is 4.47. The number of rotatable bonds is 5. The second kappa shape index (κ2) is 7.54. The number of methoxy groups -OCH3 is 2. The van der Waals surface area contributed by atoms with Crippen LogP contribution < -0.4 is 20.1 Å². The third-order valence-corrected chi connectivity index (χ3v) is 3.48. The SMILES string of the molecule is COc1ccc(NC(=O)Nc2ccc(C(C)C)cc2)cc1OC. The van der Waals surface area contributed by atoms with Gasteiger partial charge in [0.15, 0.2) is 11.5 Å². The van der Waals surface area contributed by atoms with Crippen molar-refractivity contribution >= 4 is 17.4 Å². The molecule has 0 spiro atoms. The minimum Gasteiger partial charge on any atom is -0.493 e. The van der Waals surface area contributed by atoms with Crippen molar-refractivity contribution in [3.8, 4) is 11.5 Å². The highest BCUT2D eigenvalue weighted by molar-refractivity contribution is 5.99. The van der Waals surface area contributed by atoms with Gasteiger partial charge in [0.2, 0.25) is 0 Å². The van der Waals surface area contributed by atoms with Gasteiger partial charge in [-0.15, -0.1) is 0 Å². The van der Waals surface area contributed by atoms with E-state index in [0.717, 1.165) is 5.69 Å². The maximum Gasteiger partial charge on any atom is 0.323 e. The summed E-state index contributed by atoms with van der Waals surface area (Å²) in [5.41, 5.74) is 2.60. The highest BCUT2D eigenvalue weighted by atomic mass is 16.5. The van der Waals surface area contributed by atoms with Crippen molar-refractivity contribution < 1.29 is 14.3 Å². The van der Waals surface area contributed by atoms with Gasteiger partial charge < -0.3 is 20.1 Å². The fourth-order valence-electron chi connectivity index (χ4n) is 2.16. The van der Waals surface area contributed by atoms with Crippen molar-refractivity contribution in [2.45, 2.75) is 19.8 Å². The molecular weight excluding hydrogens is 292 g/mol. The minimum absolute atomic E-state index is 0.311. The summed E-state index contributed by atoms with van der Waals surface area (Å²) in [4.78, 5) is 12.1. The number of nitrogens with one attached hydrogen (secondary N) is 2. The number of hydrogen-bond acceptors (Lipinski definition) is 3. The largest absolute Gasteiger partial charge is 0.493 e. The lowest BCUT2D eigenvalue weighted by atomic mass is 10.0. The first-order chi connectivity index (χ1) is 11.0. The van der Waals surface area contributed by atoms with Crippen LogP contribution in [0, 0.1) is 0 Å². The van der Waals surface area contributed by atoms with E-state index in [-0.39, 0.29) is 6.03 Å². The zero-order valence-corrected chi connectivity index (χ0v) is 13.8. The van der Waals surface area contributed by atoms with E-state index < -0.39 is 0 Å². The summed E-state index contributed by atoms with van der Waals surface area (Å²) in [6, 6.07) is 12.7. The van der Waals surface area contributed by atoms with E-state index in [1.807, 2.05) is 24.3 Å². The lowest BCUT2D eigenvalue weighted by Crippen LogP contribution is -2.19. The van der Waals surface area contributed by atoms with E-state index in [9.17, 15) is 4.79 Å². The maximum atomic E-state index is 12.1. The summed E-state index contributed by atoms with van der Waals surface area (Å²) in [5.74, 6) is 1.64. The minimum atomic E-state index is -0.311. The van der Waals surface area contributed by atoms with E-state index in [1.165, 1.54) is 5.56 Å². The number of amides is 2. The average molecular weight is 314 g/mol. The molecule has 122 valence electrons. The van der Waals surface area contributed by atoms with Crippen molar-refractivity contribution in [2.75, 3.05) is 24.9 Å². The third kappa shape index (κ3) is 4.39. The summed E-state index contributed by atoms with van der Waals surface area (Å²) < 4.78 is 10.4. The van der Waals surface area contributed by atoms with E-state index in [4.69, 9.17) is 9.47 Å². The Bertz CT molecular complexity index is 666. The first kappa shape index (κ1) is 16.7. The molecule has 2 aromatic carbocycles. The quantitative estimate of drug-likeness (QED) is 0.856. The first-order valence-electron chi connectivity index (χ1n) is 7.43. The van der Waals surface area contributed by atoms with Gasteiger partial charge in [-0.25, -0.2) is 4.79 Å². The molecule has 0 bridgehead atoms. The van der Waals surface area contributed by atoms with Crippen molar-refractivity contribution in [3.63, 3.8) is 0 Å². The summed E-state index contributed by atoms with van der Waals surface area (Å²) in [6.45, 7) is 4.26. The Kier molecular flexibility index (Phi) is 5.46. The molecule has 5 nitrogen and oxygen atoms in total. The second-order valence-corrected chi connectivity index (χ2v) is 5.43. The van der Waals surface area contributed by atoms with Crippen molar-refractivity contribution in [1.29, 1.82) is 0 Å². The van der Waals surface area contributed by atoms with Gasteiger partial charge in [-0.2, -0.15) is 0 Å². The van der Waals surface area contributed by atoms with Crippen LogP contribution in [0.2, 0.25) is 0 Å². The first-order valence-corrected chi connectivity index (χ1v) is 7.43. The van der Waals surface area contributed by atoms with Gasteiger partial charge in [-0.05, 0) is 35.7 Å². The second-order valence-electron chi connectivity index (χ2n) is 5.43. The standard InChI is InChI=1S/C18H22N2O3/c1-12(2)13-5-7-14(8-6-13)19-18(21)20-15-9-10-16(22-3)17(11-15)23-4/h5-12H,1-4H3,(H2,19,20,21). The molecule has 0 aliphatic heterocycles. The number of benzene rings is 2. The fraction of sp³-hybridized carbons (Fsp3) is 0.278. The van der Waals surface area contributed by atoms with E-state index in [2.05, 4.69) is 24.5 Å². The molecule has 0 aromatic heterocycles. The third-order valence-electron chi connectivity index (χ3n) is 3.48. The van der Waals surface area contributed by atoms with Gasteiger partial charge >= 0.3 is 6.03 Å². The highest BCUT2D eigenvalue weighted by Gasteiger charge is 2.08. The fourth-order valence-corrected chi connectivity index (χ4v) is 2.16. The molecule has 2 rings (SSSR count). The monoisotopic (exact) mass is 314 g/mol. The lowest BCUT2D eigenvalue weighted by molar-refractivity contribution is 0.262. The van der Waals surface area contributed by atoms with Crippen LogP contribution >= 0.6 is 0 Å². The zero-order valence-electron chi connectivity index (χ0n) is 13.8. The lowest BCUT2D eigenvalue weighted by Gasteiger charge is -2.12. The van der Waals surface area contributed by atoms with Gasteiger partial charge in [-0.1, -0.05) is 26.0 Å². The van der Waals surface area contributed by atoms with Crippen LogP contribution in [0.5, 0.6) is 11.5 Å². The molecular formula is C18H22N2O3. The molecule has 2 N–H and O–H groups in total. The summed E-state index contributed by atoms with van der Waals surface area (Å²) >= 11 is 0. The molecule has 5 heteroatoms. The van der Waals surface area contributed by atoms with Crippen LogP contribution in [0.4, 0.5) is 16.2 Å². The number of hydrogen-bond donors (Lipinski definition) is 2. The molecule has 0 aliphatic rings. The van der Waals surface area contributed by atoms with Gasteiger partial charge in [0.25, 0.3) is 0 Å². The van der Waals surface area contributed by atoms with Crippen LogP contribution in [0.15, 0.2) is 42.5 Å². The molecule has 0 saturated heterocycles. The van der Waals surface area contributed by atoms with Gasteiger partial charge in [-0.3, -0.25) is 0 Å². The molecule has 2 amide bonds. The molecule has 2 aromatic rings. The Morgan fingerprint density at radius 2 is 1.43 bits per heavy atom. The molecule has 23 heavy (non-hydrogen) atoms. The van der Waals surface area contributed by atoms with E-state index in [1.54, 1.807) is 32.4 Å². The Balaban J connectivity index is 2.01. The smallest absolute Gasteiger partial charge is 0.323 e. The number of anilines is 2. The van der Waals surface area contributed by atoms with Gasteiger partial charge in [0.1, 0.15) is 0 Å². The number of urea groups is 1. The Labute approximate surface area is 136 Å². The number of ether oxygens (including phenoxy) is 2. The van der Waals surface area contributed by atoms with Crippen LogP contribution in [0.3, 0.4) is 0 Å². The van der Waals surface area contributed by atoms with Crippen molar-refractivity contribution in [1.82, 2.24) is 0 Å². The molecule has 0 saturated carbocycles. The summed E-state index contributed by atoms with van der Waals surface area (Å²) in [5, 5.41) is 5.57. The molecule has 0 heterocycles. The van der Waals surface area contributed by atoms with Crippen LogP contribution in [-0.4, -0.2) is 20.3 Å². The van der Waals surface area contributed by atoms with E-state index >= 15 is 0 Å². The van der Waals surface area contributed by atoms with Crippen molar-refractivity contribution in [2.24, 2.45) is 0 Å². The Morgan fingerprint density at radius 3 is 2.00 bits per heavy atom. The van der Waals surface area contributed by atoms with Crippen LogP contribution in [0.1, 0.15) is 25.3 Å². The molecule has 0 radical (unpaired) electrons. The van der Waals surface area contributed by atoms with Gasteiger partial charge in [0.05, 0.1) is 14.2 Å². The predicted molar refractivity (Wildman–Crippen MR) is 92.7 cm³/mol. The van der Waals surface area contributed by atoms with E-state index in [0.29, 0.717) is 23.1 Å². The van der Waals surface area contributed by atoms with Crippen LogP contribution in [0.25, 0.3) is 0 Å². The normalized spacial score (nSPS) is 10.3. The van der Waals surface area contributed by atoms with Crippen molar-refractivity contribution in [3.05, 3.63) is 48.0 Å². The summed E-state index contributed by atoms with van der Waals surface area (Å²) in [6.07, 6.45) is 0. The molecule has 0 unspecified atom stereocenters. The molecule has 0 atom stereocenters. The highest BCUT2D eigenvalue weighted by Crippen LogP contribution is 2.29.